The molecule has 0 saturated carbocycles. The summed E-state index contributed by atoms with van der Waals surface area (Å²) in [5.41, 5.74) is 5.19. The van der Waals surface area contributed by atoms with Crippen molar-refractivity contribution in [2.45, 2.75) is 38.6 Å². The second-order valence-corrected chi connectivity index (χ2v) is 6.69. The van der Waals surface area contributed by atoms with Gasteiger partial charge in [0.15, 0.2) is 17.2 Å². The first-order valence-electron chi connectivity index (χ1n) is 8.80. The quantitative estimate of drug-likeness (QED) is 0.931. The van der Waals surface area contributed by atoms with E-state index in [9.17, 15) is 4.79 Å². The Morgan fingerprint density at radius 3 is 2.56 bits per heavy atom. The van der Waals surface area contributed by atoms with Gasteiger partial charge in [0.05, 0.1) is 14.2 Å². The number of methoxy groups -OCH3 is 2. The minimum Gasteiger partial charge on any atom is -0.493 e. The zero-order chi connectivity index (χ0) is 17.4. The van der Waals surface area contributed by atoms with Gasteiger partial charge in [0.2, 0.25) is 0 Å². The molecule has 0 saturated heterocycles. The number of nitrogens with zero attached hydrogens (tertiary/aromatic N) is 2. The number of nitrogens with one attached hydrogen (secondary N) is 1. The predicted molar refractivity (Wildman–Crippen MR) is 93.2 cm³/mol. The average molecular weight is 341 g/mol. The summed E-state index contributed by atoms with van der Waals surface area (Å²) in [5, 5.41) is 7.39. The molecule has 132 valence electrons. The summed E-state index contributed by atoms with van der Waals surface area (Å²) < 4.78 is 10.8. The van der Waals surface area contributed by atoms with E-state index in [2.05, 4.69) is 10.2 Å². The molecule has 0 fully saturated rings. The Kier molecular flexibility index (Phi) is 4.11. The van der Waals surface area contributed by atoms with Gasteiger partial charge in [-0.25, -0.2) is 0 Å². The van der Waals surface area contributed by atoms with Crippen molar-refractivity contribution in [1.82, 2.24) is 15.1 Å². The number of aromatic nitrogens is 2. The van der Waals surface area contributed by atoms with Gasteiger partial charge < -0.3 is 14.4 Å². The molecule has 6 heteroatoms. The van der Waals surface area contributed by atoms with Crippen molar-refractivity contribution in [2.24, 2.45) is 0 Å². The maximum Gasteiger partial charge on any atom is 0.274 e. The van der Waals surface area contributed by atoms with Crippen LogP contribution in [0, 0.1) is 0 Å². The standard InChI is InChI=1S/C19H23N3O3/c1-24-16-9-12-7-8-22(11-13(12)10-17(16)25-2)19(23)18-14-5-3-4-6-15(14)20-21-18/h9-10H,3-8,11H2,1-2H3,(H,20,21). The highest BCUT2D eigenvalue weighted by molar-refractivity contribution is 5.94. The molecule has 0 radical (unpaired) electrons. The smallest absolute Gasteiger partial charge is 0.274 e. The third kappa shape index (κ3) is 2.75. The van der Waals surface area contributed by atoms with Crippen LogP contribution in [0.4, 0.5) is 0 Å². The van der Waals surface area contributed by atoms with Crippen LogP contribution in [-0.2, 0) is 25.8 Å². The van der Waals surface area contributed by atoms with Gasteiger partial charge in [-0.1, -0.05) is 0 Å². The Labute approximate surface area is 147 Å². The van der Waals surface area contributed by atoms with Gasteiger partial charge in [0.25, 0.3) is 5.91 Å². The highest BCUT2D eigenvalue weighted by Gasteiger charge is 2.28. The second-order valence-electron chi connectivity index (χ2n) is 6.69. The summed E-state index contributed by atoms with van der Waals surface area (Å²) in [4.78, 5) is 14.9. The maximum atomic E-state index is 13.0. The van der Waals surface area contributed by atoms with E-state index in [1.165, 1.54) is 12.0 Å². The van der Waals surface area contributed by atoms with E-state index in [1.54, 1.807) is 14.2 Å². The molecule has 1 aliphatic carbocycles. The van der Waals surface area contributed by atoms with Crippen LogP contribution in [0.5, 0.6) is 11.5 Å². The summed E-state index contributed by atoms with van der Waals surface area (Å²) >= 11 is 0. The van der Waals surface area contributed by atoms with Crippen molar-refractivity contribution < 1.29 is 14.3 Å². The van der Waals surface area contributed by atoms with Crippen LogP contribution in [0.25, 0.3) is 0 Å². The average Bonchev–Trinajstić information content (AvgIpc) is 3.09. The largest absolute Gasteiger partial charge is 0.493 e. The zero-order valence-electron chi connectivity index (χ0n) is 14.7. The van der Waals surface area contributed by atoms with Gasteiger partial charge in [0.1, 0.15) is 0 Å². The minimum absolute atomic E-state index is 0.0276. The fraction of sp³-hybridized carbons (Fsp3) is 0.474. The molecule has 2 aromatic rings. The van der Waals surface area contributed by atoms with Gasteiger partial charge in [-0.2, -0.15) is 5.10 Å². The Morgan fingerprint density at radius 1 is 1.08 bits per heavy atom. The molecule has 2 heterocycles. The number of benzene rings is 1. The number of hydrogen-bond acceptors (Lipinski definition) is 4. The van der Waals surface area contributed by atoms with Crippen LogP contribution < -0.4 is 9.47 Å². The van der Waals surface area contributed by atoms with Crippen molar-refractivity contribution >= 4 is 5.91 Å². The monoisotopic (exact) mass is 341 g/mol. The van der Waals surface area contributed by atoms with E-state index < -0.39 is 0 Å². The number of ether oxygens (including phenoxy) is 2. The lowest BCUT2D eigenvalue weighted by molar-refractivity contribution is 0.0727. The highest BCUT2D eigenvalue weighted by Crippen LogP contribution is 2.34. The van der Waals surface area contributed by atoms with Gasteiger partial charge in [-0.15, -0.1) is 0 Å². The molecule has 0 atom stereocenters. The second kappa shape index (κ2) is 6.43. The van der Waals surface area contributed by atoms with E-state index in [0.29, 0.717) is 24.5 Å². The first kappa shape index (κ1) is 16.0. The number of H-pyrrole nitrogens is 1. The van der Waals surface area contributed by atoms with Crippen LogP contribution in [0.1, 0.15) is 45.7 Å². The molecular formula is C19H23N3O3. The molecule has 0 unspecified atom stereocenters. The summed E-state index contributed by atoms with van der Waals surface area (Å²) in [5.74, 6) is 1.47. The van der Waals surface area contributed by atoms with Crippen LogP contribution >= 0.6 is 0 Å². The number of aromatic amines is 1. The van der Waals surface area contributed by atoms with E-state index in [4.69, 9.17) is 9.47 Å². The van der Waals surface area contributed by atoms with Crippen molar-refractivity contribution in [3.63, 3.8) is 0 Å². The third-order valence-electron chi connectivity index (χ3n) is 5.26. The first-order valence-corrected chi connectivity index (χ1v) is 8.80. The Hall–Kier alpha value is -2.50. The number of hydrogen-bond donors (Lipinski definition) is 1. The fourth-order valence-corrected chi connectivity index (χ4v) is 3.86. The van der Waals surface area contributed by atoms with E-state index >= 15 is 0 Å². The molecule has 2 aliphatic rings. The molecule has 6 nitrogen and oxygen atoms in total. The van der Waals surface area contributed by atoms with Crippen LogP contribution in [0.2, 0.25) is 0 Å². The lowest BCUT2D eigenvalue weighted by atomic mass is 9.94. The van der Waals surface area contributed by atoms with Crippen LogP contribution in [0.3, 0.4) is 0 Å². The number of fused-ring (bicyclic) bond motifs is 2. The van der Waals surface area contributed by atoms with E-state index in [-0.39, 0.29) is 5.91 Å². The lowest BCUT2D eigenvalue weighted by Gasteiger charge is -2.29. The molecule has 1 aromatic heterocycles. The molecule has 0 spiro atoms. The first-order chi connectivity index (χ1) is 12.2. The van der Waals surface area contributed by atoms with E-state index in [1.807, 2.05) is 17.0 Å². The van der Waals surface area contributed by atoms with Crippen molar-refractivity contribution in [1.29, 1.82) is 0 Å². The normalized spacial score (nSPS) is 16.2. The Morgan fingerprint density at radius 2 is 1.80 bits per heavy atom. The van der Waals surface area contributed by atoms with Gasteiger partial charge in [-0.3, -0.25) is 9.89 Å². The van der Waals surface area contributed by atoms with Crippen molar-refractivity contribution in [2.75, 3.05) is 20.8 Å². The summed E-state index contributed by atoms with van der Waals surface area (Å²) in [6, 6.07) is 4.00. The molecule has 4 rings (SSSR count). The number of carbonyl (C=O) groups excluding carboxylic acids is 1. The van der Waals surface area contributed by atoms with Crippen LogP contribution in [0.15, 0.2) is 12.1 Å². The summed E-state index contributed by atoms with van der Waals surface area (Å²) in [6.07, 6.45) is 5.06. The molecule has 25 heavy (non-hydrogen) atoms. The Bertz CT molecular complexity index is 812. The molecular weight excluding hydrogens is 318 g/mol. The topological polar surface area (TPSA) is 67.5 Å². The lowest BCUT2D eigenvalue weighted by Crippen LogP contribution is -2.36. The molecule has 0 bridgehead atoms. The molecule has 1 N–H and O–H groups in total. The van der Waals surface area contributed by atoms with Gasteiger partial charge >= 0.3 is 0 Å². The molecule has 1 amide bonds. The fourth-order valence-electron chi connectivity index (χ4n) is 3.86. The molecule has 1 aromatic carbocycles. The Balaban J connectivity index is 1.60. The maximum absolute atomic E-state index is 13.0. The van der Waals surface area contributed by atoms with Crippen molar-refractivity contribution in [3.8, 4) is 11.5 Å². The number of rotatable bonds is 3. The minimum atomic E-state index is 0.0276. The number of aryl methyl sites for hydroxylation is 1. The summed E-state index contributed by atoms with van der Waals surface area (Å²) in [7, 11) is 3.27. The van der Waals surface area contributed by atoms with Gasteiger partial charge in [-0.05, 0) is 55.4 Å². The number of amides is 1. The van der Waals surface area contributed by atoms with E-state index in [0.717, 1.165) is 48.3 Å². The predicted octanol–water partition coefficient (Wildman–Crippen LogP) is 2.50. The highest BCUT2D eigenvalue weighted by atomic mass is 16.5. The summed E-state index contributed by atoms with van der Waals surface area (Å²) in [6.45, 7) is 1.28. The number of carbonyl (C=O) groups is 1. The van der Waals surface area contributed by atoms with Crippen molar-refractivity contribution in [3.05, 3.63) is 40.2 Å². The third-order valence-corrected chi connectivity index (χ3v) is 5.26. The SMILES string of the molecule is COc1cc2c(cc1OC)CN(C(=O)c1n[nH]c3c1CCCC3)CC2. The zero-order valence-corrected chi connectivity index (χ0v) is 14.7. The molecule has 1 aliphatic heterocycles. The van der Waals surface area contributed by atoms with Crippen LogP contribution in [-0.4, -0.2) is 41.8 Å². The van der Waals surface area contributed by atoms with Gasteiger partial charge in [0, 0.05) is 24.3 Å².